The topological polar surface area (TPSA) is 56.9 Å². The lowest BCUT2D eigenvalue weighted by atomic mass is 10.4. The minimum atomic E-state index is -0.519. The normalized spacial score (nSPS) is 10.5. The summed E-state index contributed by atoms with van der Waals surface area (Å²) in [6.07, 6.45) is 0.683. The van der Waals surface area contributed by atoms with E-state index in [-0.39, 0.29) is 5.69 Å². The summed E-state index contributed by atoms with van der Waals surface area (Å²) < 4.78 is 2.44. The van der Waals surface area contributed by atoms with E-state index in [1.54, 1.807) is 6.92 Å². The van der Waals surface area contributed by atoms with E-state index >= 15 is 0 Å². The molecule has 0 aliphatic carbocycles. The number of aromatic nitrogens is 3. The quantitative estimate of drug-likeness (QED) is 0.664. The number of aryl methyl sites for hydroxylation is 1. The molecule has 0 spiro atoms. The molecule has 14 heavy (non-hydrogen) atoms. The molecule has 0 saturated carbocycles. The lowest BCUT2D eigenvalue weighted by Crippen LogP contribution is -2.41. The van der Waals surface area contributed by atoms with E-state index < -0.39 is 5.69 Å². The maximum absolute atomic E-state index is 11.6. The molecule has 0 fully saturated rings. The minimum absolute atomic E-state index is 0.340. The second kappa shape index (κ2) is 4.41. The number of rotatable bonds is 3. The zero-order valence-electron chi connectivity index (χ0n) is 8.16. The average molecular weight is 218 g/mol. The van der Waals surface area contributed by atoms with Crippen LogP contribution in [0.3, 0.4) is 0 Å². The van der Waals surface area contributed by atoms with Gasteiger partial charge in [-0.2, -0.15) is 4.98 Å². The van der Waals surface area contributed by atoms with Gasteiger partial charge in [-0.1, -0.05) is 0 Å². The molecule has 0 radical (unpaired) electrons. The second-order valence-electron chi connectivity index (χ2n) is 2.98. The zero-order valence-corrected chi connectivity index (χ0v) is 8.91. The highest BCUT2D eigenvalue weighted by molar-refractivity contribution is 6.17. The van der Waals surface area contributed by atoms with Gasteiger partial charge in [0.2, 0.25) is 0 Å². The smallest absolute Gasteiger partial charge is 0.282 e. The molecular formula is C8H12ClN3O2. The van der Waals surface area contributed by atoms with Crippen LogP contribution in [0.4, 0.5) is 0 Å². The van der Waals surface area contributed by atoms with Crippen LogP contribution in [0.1, 0.15) is 12.2 Å². The first-order valence-electron chi connectivity index (χ1n) is 4.28. The van der Waals surface area contributed by atoms with E-state index in [2.05, 4.69) is 4.98 Å². The Balaban J connectivity index is 3.23. The lowest BCUT2D eigenvalue weighted by molar-refractivity contribution is 0.547. The molecule has 1 aromatic heterocycles. The first kappa shape index (κ1) is 11.0. The summed E-state index contributed by atoms with van der Waals surface area (Å²) in [5.74, 6) is 0.914. The molecule has 0 unspecified atom stereocenters. The Morgan fingerprint density at radius 2 is 2.07 bits per heavy atom. The van der Waals surface area contributed by atoms with Crippen molar-refractivity contribution in [2.24, 2.45) is 7.05 Å². The average Bonchev–Trinajstić information content (AvgIpc) is 2.14. The molecule has 0 amide bonds. The van der Waals surface area contributed by atoms with E-state index in [0.29, 0.717) is 24.7 Å². The molecule has 0 N–H and O–H groups in total. The molecular weight excluding hydrogens is 206 g/mol. The van der Waals surface area contributed by atoms with Gasteiger partial charge in [0.25, 0.3) is 0 Å². The van der Waals surface area contributed by atoms with Crippen molar-refractivity contribution in [1.82, 2.24) is 14.1 Å². The van der Waals surface area contributed by atoms with Crippen molar-refractivity contribution in [3.8, 4) is 0 Å². The summed E-state index contributed by atoms with van der Waals surface area (Å²) >= 11 is 5.52. The lowest BCUT2D eigenvalue weighted by Gasteiger charge is -2.08. The number of hydrogen-bond donors (Lipinski definition) is 0. The van der Waals surface area contributed by atoms with Gasteiger partial charge in [-0.05, 0) is 13.3 Å². The van der Waals surface area contributed by atoms with Crippen molar-refractivity contribution < 1.29 is 0 Å². The molecule has 0 aliphatic rings. The number of hydrogen-bond acceptors (Lipinski definition) is 3. The fourth-order valence-electron chi connectivity index (χ4n) is 1.15. The van der Waals surface area contributed by atoms with Crippen molar-refractivity contribution in [2.45, 2.75) is 19.9 Å². The third-order valence-corrected chi connectivity index (χ3v) is 2.24. The van der Waals surface area contributed by atoms with Crippen LogP contribution >= 0.6 is 11.6 Å². The standard InChI is InChI=1S/C8H12ClN3O2/c1-6-10-7(13)11(2)8(14)12(6)5-3-4-9/h3-5H2,1-2H3. The van der Waals surface area contributed by atoms with Crippen molar-refractivity contribution in [2.75, 3.05) is 5.88 Å². The molecule has 0 aromatic carbocycles. The van der Waals surface area contributed by atoms with Gasteiger partial charge in [-0.3, -0.25) is 4.57 Å². The van der Waals surface area contributed by atoms with E-state index in [0.717, 1.165) is 4.57 Å². The molecule has 1 rings (SSSR count). The Hall–Kier alpha value is -1.10. The van der Waals surface area contributed by atoms with E-state index in [1.807, 2.05) is 0 Å². The SMILES string of the molecule is Cc1nc(=O)n(C)c(=O)n1CCCCl. The molecule has 78 valence electrons. The van der Waals surface area contributed by atoms with Gasteiger partial charge in [0.05, 0.1) is 0 Å². The van der Waals surface area contributed by atoms with Crippen LogP contribution in [0, 0.1) is 6.92 Å². The number of nitrogens with zero attached hydrogens (tertiary/aromatic N) is 3. The van der Waals surface area contributed by atoms with E-state index in [9.17, 15) is 9.59 Å². The Morgan fingerprint density at radius 1 is 1.43 bits per heavy atom. The van der Waals surface area contributed by atoms with Gasteiger partial charge in [-0.25, -0.2) is 14.2 Å². The van der Waals surface area contributed by atoms with E-state index in [1.165, 1.54) is 11.6 Å². The monoisotopic (exact) mass is 217 g/mol. The van der Waals surface area contributed by atoms with Crippen molar-refractivity contribution in [3.63, 3.8) is 0 Å². The van der Waals surface area contributed by atoms with Crippen LogP contribution in [-0.2, 0) is 13.6 Å². The summed E-state index contributed by atoms with van der Waals surface area (Å²) in [6, 6.07) is 0. The number of alkyl halides is 1. The Bertz CT molecular complexity index is 435. The highest BCUT2D eigenvalue weighted by Gasteiger charge is 2.05. The predicted molar refractivity (Wildman–Crippen MR) is 53.8 cm³/mol. The maximum atomic E-state index is 11.6. The fraction of sp³-hybridized carbons (Fsp3) is 0.625. The summed E-state index contributed by atoms with van der Waals surface area (Å²) in [7, 11) is 1.41. The maximum Gasteiger partial charge on any atom is 0.353 e. The van der Waals surface area contributed by atoms with Gasteiger partial charge in [0.15, 0.2) is 0 Å². The predicted octanol–water partition coefficient (Wildman–Crippen LogP) is -0.121. The van der Waals surface area contributed by atoms with Crippen molar-refractivity contribution >= 4 is 11.6 Å². The summed E-state index contributed by atoms with van der Waals surface area (Å²) in [6.45, 7) is 2.13. The molecule has 5 nitrogen and oxygen atoms in total. The van der Waals surface area contributed by atoms with Crippen molar-refractivity contribution in [1.29, 1.82) is 0 Å². The third-order valence-electron chi connectivity index (χ3n) is 1.97. The van der Waals surface area contributed by atoms with Crippen LogP contribution in [0.15, 0.2) is 9.59 Å². The number of halogens is 1. The highest BCUT2D eigenvalue weighted by atomic mass is 35.5. The Labute approximate surface area is 86.0 Å². The Kier molecular flexibility index (Phi) is 3.46. The summed E-state index contributed by atoms with van der Waals surface area (Å²) in [5, 5.41) is 0. The van der Waals surface area contributed by atoms with Gasteiger partial charge >= 0.3 is 11.4 Å². The first-order chi connectivity index (χ1) is 6.57. The van der Waals surface area contributed by atoms with Crippen LogP contribution in [-0.4, -0.2) is 20.0 Å². The largest absolute Gasteiger partial charge is 0.353 e. The van der Waals surface area contributed by atoms with Crippen LogP contribution in [0.5, 0.6) is 0 Å². The second-order valence-corrected chi connectivity index (χ2v) is 3.36. The molecule has 6 heteroatoms. The summed E-state index contributed by atoms with van der Waals surface area (Å²) in [5.41, 5.74) is -0.859. The zero-order chi connectivity index (χ0) is 10.7. The van der Waals surface area contributed by atoms with Crippen LogP contribution in [0.2, 0.25) is 0 Å². The van der Waals surface area contributed by atoms with Crippen LogP contribution in [0.25, 0.3) is 0 Å². The van der Waals surface area contributed by atoms with Gasteiger partial charge in [-0.15, -0.1) is 11.6 Å². The molecule has 0 atom stereocenters. The highest BCUT2D eigenvalue weighted by Crippen LogP contribution is 1.91. The van der Waals surface area contributed by atoms with Crippen LogP contribution < -0.4 is 11.4 Å². The molecule has 0 saturated heterocycles. The van der Waals surface area contributed by atoms with Gasteiger partial charge in [0, 0.05) is 19.5 Å². The first-order valence-corrected chi connectivity index (χ1v) is 4.82. The minimum Gasteiger partial charge on any atom is -0.282 e. The molecule has 1 heterocycles. The van der Waals surface area contributed by atoms with E-state index in [4.69, 9.17) is 11.6 Å². The summed E-state index contributed by atoms with van der Waals surface area (Å²) in [4.78, 5) is 26.4. The van der Waals surface area contributed by atoms with Gasteiger partial charge in [0.1, 0.15) is 5.82 Å². The molecule has 0 aliphatic heterocycles. The molecule has 1 aromatic rings. The fourth-order valence-corrected chi connectivity index (χ4v) is 1.27. The third kappa shape index (κ3) is 2.04. The Morgan fingerprint density at radius 3 is 2.64 bits per heavy atom. The van der Waals surface area contributed by atoms with Gasteiger partial charge < -0.3 is 0 Å². The molecule has 0 bridgehead atoms. The van der Waals surface area contributed by atoms with Crippen molar-refractivity contribution in [3.05, 3.63) is 26.8 Å².